The van der Waals surface area contributed by atoms with Crippen molar-refractivity contribution in [3.8, 4) is 0 Å². The highest BCUT2D eigenvalue weighted by Gasteiger charge is 2.28. The molecular weight excluding hydrogens is 342 g/mol. The molecule has 2 rings (SSSR count). The van der Waals surface area contributed by atoms with Gasteiger partial charge >= 0.3 is 0 Å². The fraction of sp³-hybridized carbons (Fsp3) is 0.533. The van der Waals surface area contributed by atoms with Crippen LogP contribution in [0.5, 0.6) is 0 Å². The summed E-state index contributed by atoms with van der Waals surface area (Å²) >= 11 is 9.25. The maximum absolute atomic E-state index is 12.1. The minimum absolute atomic E-state index is 0.203. The number of halogens is 2. The predicted octanol–water partition coefficient (Wildman–Crippen LogP) is 3.92. The lowest BCUT2D eigenvalue weighted by Crippen LogP contribution is -2.42. The first-order chi connectivity index (χ1) is 9.48. The number of carbonyl (C=O) groups is 1. The molecule has 0 aromatic heterocycles. The van der Waals surface area contributed by atoms with E-state index in [2.05, 4.69) is 21.2 Å². The summed E-state index contributed by atoms with van der Waals surface area (Å²) in [5, 5.41) is 13.8. The van der Waals surface area contributed by atoms with E-state index in [4.69, 9.17) is 11.6 Å². The van der Waals surface area contributed by atoms with Gasteiger partial charge in [0.05, 0.1) is 5.60 Å². The molecule has 0 spiro atoms. The summed E-state index contributed by atoms with van der Waals surface area (Å²) in [5.41, 5.74) is -0.260. The van der Waals surface area contributed by atoms with Crippen LogP contribution in [0, 0.1) is 0 Å². The van der Waals surface area contributed by atoms with E-state index in [0.717, 1.165) is 43.0 Å². The summed E-state index contributed by atoms with van der Waals surface area (Å²) in [6.07, 6.45) is 5.89. The van der Waals surface area contributed by atoms with E-state index >= 15 is 0 Å². The van der Waals surface area contributed by atoms with Crippen molar-refractivity contribution < 1.29 is 9.90 Å². The molecule has 1 saturated carbocycles. The summed E-state index contributed by atoms with van der Waals surface area (Å²) < 4.78 is 0.767. The van der Waals surface area contributed by atoms with Gasteiger partial charge in [0, 0.05) is 21.6 Å². The number of nitrogens with one attached hydrogen (secondary N) is 1. The Bertz CT molecular complexity index is 465. The molecule has 20 heavy (non-hydrogen) atoms. The summed E-state index contributed by atoms with van der Waals surface area (Å²) in [5.74, 6) is -0.203. The lowest BCUT2D eigenvalue weighted by Gasteiger charge is -2.26. The van der Waals surface area contributed by atoms with E-state index in [1.165, 1.54) is 0 Å². The van der Waals surface area contributed by atoms with Crippen molar-refractivity contribution in [1.82, 2.24) is 5.32 Å². The first-order valence-electron chi connectivity index (χ1n) is 6.95. The number of benzene rings is 1. The topological polar surface area (TPSA) is 49.3 Å². The van der Waals surface area contributed by atoms with Crippen LogP contribution in [0.25, 0.3) is 0 Å². The fourth-order valence-electron chi connectivity index (χ4n) is 2.60. The van der Waals surface area contributed by atoms with Crippen LogP contribution in [-0.2, 0) is 0 Å². The van der Waals surface area contributed by atoms with Gasteiger partial charge in [-0.15, -0.1) is 0 Å². The lowest BCUT2D eigenvalue weighted by molar-refractivity contribution is 0.0246. The second kappa shape index (κ2) is 6.92. The normalized spacial score (nSPS) is 18.4. The monoisotopic (exact) mass is 359 g/mol. The van der Waals surface area contributed by atoms with Gasteiger partial charge in [-0.1, -0.05) is 53.2 Å². The van der Waals surface area contributed by atoms with Crippen LogP contribution in [-0.4, -0.2) is 23.2 Å². The molecular formula is C15H19BrClNO2. The molecule has 0 unspecified atom stereocenters. The molecule has 1 fully saturated rings. The van der Waals surface area contributed by atoms with Crippen LogP contribution in [0.15, 0.2) is 22.7 Å². The molecule has 0 bridgehead atoms. The first-order valence-corrected chi connectivity index (χ1v) is 8.12. The van der Waals surface area contributed by atoms with E-state index in [0.29, 0.717) is 17.1 Å². The molecule has 110 valence electrons. The second-order valence-corrected chi connectivity index (χ2v) is 6.83. The van der Waals surface area contributed by atoms with Crippen LogP contribution < -0.4 is 5.32 Å². The zero-order valence-electron chi connectivity index (χ0n) is 11.3. The maximum atomic E-state index is 12.1. The third kappa shape index (κ3) is 4.47. The second-order valence-electron chi connectivity index (χ2n) is 5.48. The van der Waals surface area contributed by atoms with Crippen LogP contribution in [0.2, 0.25) is 5.02 Å². The Morgan fingerprint density at radius 3 is 2.50 bits per heavy atom. The SMILES string of the molecule is O=C(NCC1(O)CCCCCC1)c1cc(Cl)cc(Br)c1. The van der Waals surface area contributed by atoms with E-state index in [1.807, 2.05) is 0 Å². The van der Waals surface area contributed by atoms with E-state index in [-0.39, 0.29) is 5.91 Å². The molecule has 0 atom stereocenters. The highest BCUT2D eigenvalue weighted by molar-refractivity contribution is 9.10. The summed E-state index contributed by atoms with van der Waals surface area (Å²) in [6.45, 7) is 0.302. The maximum Gasteiger partial charge on any atom is 0.251 e. The Labute approximate surface area is 132 Å². The molecule has 0 aliphatic heterocycles. The van der Waals surface area contributed by atoms with Crippen LogP contribution in [0.1, 0.15) is 48.9 Å². The highest BCUT2D eigenvalue weighted by Crippen LogP contribution is 2.26. The van der Waals surface area contributed by atoms with Crippen molar-refractivity contribution in [3.63, 3.8) is 0 Å². The van der Waals surface area contributed by atoms with Crippen molar-refractivity contribution >= 4 is 33.4 Å². The number of hydrogen-bond acceptors (Lipinski definition) is 2. The molecule has 1 aliphatic rings. The minimum atomic E-state index is -0.762. The summed E-state index contributed by atoms with van der Waals surface area (Å²) in [4.78, 5) is 12.1. The number of amides is 1. The highest BCUT2D eigenvalue weighted by atomic mass is 79.9. The number of aliphatic hydroxyl groups is 1. The van der Waals surface area contributed by atoms with Gasteiger partial charge in [0.25, 0.3) is 5.91 Å². The molecule has 2 N–H and O–H groups in total. The van der Waals surface area contributed by atoms with Crippen molar-refractivity contribution in [2.45, 2.75) is 44.1 Å². The van der Waals surface area contributed by atoms with Gasteiger partial charge in [-0.25, -0.2) is 0 Å². The Morgan fingerprint density at radius 1 is 1.25 bits per heavy atom. The quantitative estimate of drug-likeness (QED) is 0.803. The van der Waals surface area contributed by atoms with Gasteiger partial charge in [0.2, 0.25) is 0 Å². The molecule has 1 aromatic rings. The Morgan fingerprint density at radius 2 is 1.90 bits per heavy atom. The Hall–Kier alpha value is -0.580. The molecule has 3 nitrogen and oxygen atoms in total. The van der Waals surface area contributed by atoms with Gasteiger partial charge in [-0.2, -0.15) is 0 Å². The van der Waals surface area contributed by atoms with Gasteiger partial charge in [0.15, 0.2) is 0 Å². The molecule has 0 saturated heterocycles. The molecule has 0 heterocycles. The van der Waals surface area contributed by atoms with Gasteiger partial charge in [-0.3, -0.25) is 4.79 Å². The van der Waals surface area contributed by atoms with Crippen molar-refractivity contribution in [2.24, 2.45) is 0 Å². The average molecular weight is 361 g/mol. The number of rotatable bonds is 3. The molecule has 5 heteroatoms. The standard InChI is InChI=1S/C15H19BrClNO2/c16-12-7-11(8-13(17)9-12)14(19)18-10-15(20)5-3-1-2-4-6-15/h7-9,20H,1-6,10H2,(H,18,19). The summed E-state index contributed by atoms with van der Waals surface area (Å²) in [7, 11) is 0. The zero-order chi connectivity index (χ0) is 14.6. The largest absolute Gasteiger partial charge is 0.388 e. The van der Waals surface area contributed by atoms with Gasteiger partial charge in [0.1, 0.15) is 0 Å². The molecule has 1 amide bonds. The third-order valence-corrected chi connectivity index (χ3v) is 4.41. The molecule has 1 aromatic carbocycles. The van der Waals surface area contributed by atoms with Crippen LogP contribution in [0.4, 0.5) is 0 Å². The zero-order valence-corrected chi connectivity index (χ0v) is 13.6. The third-order valence-electron chi connectivity index (χ3n) is 3.74. The van der Waals surface area contributed by atoms with Crippen molar-refractivity contribution in [1.29, 1.82) is 0 Å². The Kier molecular flexibility index (Phi) is 5.47. The smallest absolute Gasteiger partial charge is 0.251 e. The fourth-order valence-corrected chi connectivity index (χ4v) is 3.46. The van der Waals surface area contributed by atoms with Crippen molar-refractivity contribution in [2.75, 3.05) is 6.54 Å². The lowest BCUT2D eigenvalue weighted by atomic mass is 9.94. The summed E-state index contributed by atoms with van der Waals surface area (Å²) in [6, 6.07) is 5.08. The van der Waals surface area contributed by atoms with Crippen LogP contribution >= 0.6 is 27.5 Å². The number of hydrogen-bond donors (Lipinski definition) is 2. The van der Waals surface area contributed by atoms with Crippen molar-refractivity contribution in [3.05, 3.63) is 33.3 Å². The Balaban J connectivity index is 1.97. The van der Waals surface area contributed by atoms with Gasteiger partial charge in [-0.05, 0) is 31.0 Å². The van der Waals surface area contributed by atoms with Gasteiger partial charge < -0.3 is 10.4 Å². The number of carbonyl (C=O) groups excluding carboxylic acids is 1. The first kappa shape index (κ1) is 15.8. The predicted molar refractivity (Wildman–Crippen MR) is 84.1 cm³/mol. The van der Waals surface area contributed by atoms with E-state index in [1.54, 1.807) is 18.2 Å². The van der Waals surface area contributed by atoms with E-state index in [9.17, 15) is 9.90 Å². The van der Waals surface area contributed by atoms with Crippen LogP contribution in [0.3, 0.4) is 0 Å². The van der Waals surface area contributed by atoms with E-state index < -0.39 is 5.60 Å². The molecule has 1 aliphatic carbocycles. The molecule has 0 radical (unpaired) electrons. The average Bonchev–Trinajstić information content (AvgIpc) is 2.60. The minimum Gasteiger partial charge on any atom is -0.388 e.